The molecule has 0 aliphatic rings. The van der Waals surface area contributed by atoms with Gasteiger partial charge >= 0.3 is 0 Å². The summed E-state index contributed by atoms with van der Waals surface area (Å²) in [5.74, 6) is -0.439. The van der Waals surface area contributed by atoms with Crippen LogP contribution in [0.3, 0.4) is 0 Å². The third-order valence-corrected chi connectivity index (χ3v) is 3.40. The number of nitrogens with two attached hydrogens (primary N) is 1. The van der Waals surface area contributed by atoms with Crippen molar-refractivity contribution < 1.29 is 9.18 Å². The number of halogens is 2. The fourth-order valence-corrected chi connectivity index (χ4v) is 1.94. The highest BCUT2D eigenvalue weighted by Gasteiger charge is 2.26. The molecule has 3 N–H and O–H groups in total. The smallest absolute Gasteiger partial charge is 0.224 e. The largest absolute Gasteiger partial charge is 0.349 e. The van der Waals surface area contributed by atoms with Crippen molar-refractivity contribution in [1.82, 2.24) is 5.32 Å². The average molecular weight is 289 g/mol. The van der Waals surface area contributed by atoms with E-state index in [0.717, 1.165) is 12.8 Å². The molecule has 3 nitrogen and oxygen atoms in total. The third-order valence-electron chi connectivity index (χ3n) is 3.40. The quantitative estimate of drug-likeness (QED) is 0.845. The zero-order valence-electron chi connectivity index (χ0n) is 11.4. The molecule has 0 spiro atoms. The van der Waals surface area contributed by atoms with Crippen LogP contribution in [0.1, 0.15) is 32.3 Å². The van der Waals surface area contributed by atoms with E-state index in [1.165, 1.54) is 12.1 Å². The Morgan fingerprint density at radius 3 is 2.47 bits per heavy atom. The Kier molecular flexibility index (Phi) is 7.64. The van der Waals surface area contributed by atoms with Crippen molar-refractivity contribution in [1.29, 1.82) is 0 Å². The van der Waals surface area contributed by atoms with Crippen molar-refractivity contribution in [2.45, 2.75) is 38.6 Å². The molecule has 1 amide bonds. The van der Waals surface area contributed by atoms with Gasteiger partial charge in [-0.15, -0.1) is 12.4 Å². The standard InChI is InChI=1S/C14H21FN2O.ClH/c1-3-14(4-2,10-16)17-13(18)9-11-6-5-7-12(15)8-11;/h5-8H,3-4,9-10,16H2,1-2H3,(H,17,18);1H. The van der Waals surface area contributed by atoms with Gasteiger partial charge in [0.15, 0.2) is 0 Å². The van der Waals surface area contributed by atoms with Gasteiger partial charge in [-0.3, -0.25) is 4.79 Å². The van der Waals surface area contributed by atoms with Gasteiger partial charge in [0.25, 0.3) is 0 Å². The van der Waals surface area contributed by atoms with Gasteiger partial charge in [0.1, 0.15) is 5.82 Å². The van der Waals surface area contributed by atoms with Gasteiger partial charge in [0.05, 0.1) is 12.0 Å². The molecule has 0 heterocycles. The molecular formula is C14H22ClFN2O. The fourth-order valence-electron chi connectivity index (χ4n) is 1.94. The van der Waals surface area contributed by atoms with E-state index < -0.39 is 0 Å². The fraction of sp³-hybridized carbons (Fsp3) is 0.500. The SMILES string of the molecule is CCC(CC)(CN)NC(=O)Cc1cccc(F)c1.Cl. The summed E-state index contributed by atoms with van der Waals surface area (Å²) in [6.45, 7) is 4.41. The summed E-state index contributed by atoms with van der Waals surface area (Å²) in [5, 5.41) is 2.96. The van der Waals surface area contributed by atoms with Crippen molar-refractivity contribution in [3.05, 3.63) is 35.6 Å². The normalized spacial score (nSPS) is 10.7. The molecule has 5 heteroatoms. The molecule has 0 fully saturated rings. The molecular weight excluding hydrogens is 267 g/mol. The lowest BCUT2D eigenvalue weighted by molar-refractivity contribution is -0.122. The minimum Gasteiger partial charge on any atom is -0.349 e. The maximum absolute atomic E-state index is 13.0. The van der Waals surface area contributed by atoms with Crippen molar-refractivity contribution in [2.24, 2.45) is 5.73 Å². The van der Waals surface area contributed by atoms with Crippen LogP contribution in [0.4, 0.5) is 4.39 Å². The molecule has 1 aromatic rings. The maximum atomic E-state index is 13.0. The predicted molar refractivity (Wildman–Crippen MR) is 77.9 cm³/mol. The first-order valence-electron chi connectivity index (χ1n) is 6.30. The van der Waals surface area contributed by atoms with Crippen molar-refractivity contribution in [2.75, 3.05) is 6.54 Å². The molecule has 0 saturated heterocycles. The summed E-state index contributed by atoms with van der Waals surface area (Å²) >= 11 is 0. The molecule has 0 saturated carbocycles. The molecule has 19 heavy (non-hydrogen) atoms. The van der Waals surface area contributed by atoms with Gasteiger partial charge in [-0.2, -0.15) is 0 Å². The molecule has 0 aromatic heterocycles. The predicted octanol–water partition coefficient (Wildman–Crippen LogP) is 2.42. The first kappa shape index (κ1) is 17.9. The van der Waals surface area contributed by atoms with Crippen molar-refractivity contribution >= 4 is 18.3 Å². The second kappa shape index (κ2) is 8.12. The van der Waals surface area contributed by atoms with Crippen LogP contribution in [-0.4, -0.2) is 18.0 Å². The first-order chi connectivity index (χ1) is 8.55. The molecule has 1 aromatic carbocycles. The molecule has 0 atom stereocenters. The van der Waals surface area contributed by atoms with Crippen molar-refractivity contribution in [3.63, 3.8) is 0 Å². The third kappa shape index (κ3) is 5.17. The Morgan fingerprint density at radius 1 is 1.37 bits per heavy atom. The Morgan fingerprint density at radius 2 is 2.00 bits per heavy atom. The lowest BCUT2D eigenvalue weighted by atomic mass is 9.92. The number of carbonyl (C=O) groups is 1. The first-order valence-corrected chi connectivity index (χ1v) is 6.30. The Labute approximate surface area is 120 Å². The highest BCUT2D eigenvalue weighted by molar-refractivity contribution is 5.85. The number of nitrogens with one attached hydrogen (secondary N) is 1. The van der Waals surface area contributed by atoms with Gasteiger partial charge in [-0.05, 0) is 30.5 Å². The topological polar surface area (TPSA) is 55.1 Å². The van der Waals surface area contributed by atoms with Crippen LogP contribution in [0.25, 0.3) is 0 Å². The van der Waals surface area contributed by atoms with Gasteiger partial charge in [-0.25, -0.2) is 4.39 Å². The zero-order chi connectivity index (χ0) is 13.6. The number of carbonyl (C=O) groups excluding carboxylic acids is 1. The lowest BCUT2D eigenvalue weighted by Crippen LogP contribution is -2.53. The summed E-state index contributed by atoms with van der Waals surface area (Å²) in [4.78, 5) is 11.9. The van der Waals surface area contributed by atoms with E-state index in [9.17, 15) is 9.18 Å². The van der Waals surface area contributed by atoms with Crippen molar-refractivity contribution in [3.8, 4) is 0 Å². The van der Waals surface area contributed by atoms with E-state index in [1.54, 1.807) is 12.1 Å². The number of benzene rings is 1. The minimum absolute atomic E-state index is 0. The Hall–Kier alpha value is -1.13. The molecule has 108 valence electrons. The minimum atomic E-state index is -0.343. The van der Waals surface area contributed by atoms with Gasteiger partial charge in [0, 0.05) is 6.54 Å². The van der Waals surface area contributed by atoms with E-state index in [1.807, 2.05) is 13.8 Å². The number of hydrogen-bond donors (Lipinski definition) is 2. The summed E-state index contributed by atoms with van der Waals surface area (Å²) in [6.07, 6.45) is 1.75. The van der Waals surface area contributed by atoms with E-state index in [2.05, 4.69) is 5.32 Å². The average Bonchev–Trinajstić information content (AvgIpc) is 2.36. The van der Waals surface area contributed by atoms with E-state index in [0.29, 0.717) is 12.1 Å². The number of rotatable bonds is 6. The highest BCUT2D eigenvalue weighted by atomic mass is 35.5. The van der Waals surface area contributed by atoms with Crippen LogP contribution in [0.2, 0.25) is 0 Å². The molecule has 0 aliphatic heterocycles. The van der Waals surface area contributed by atoms with E-state index in [4.69, 9.17) is 5.73 Å². The summed E-state index contributed by atoms with van der Waals surface area (Å²) in [6, 6.07) is 6.09. The van der Waals surface area contributed by atoms with Gasteiger partial charge in [0.2, 0.25) is 5.91 Å². The lowest BCUT2D eigenvalue weighted by Gasteiger charge is -2.31. The summed E-state index contributed by atoms with van der Waals surface area (Å²) in [5.41, 5.74) is 6.05. The van der Waals surface area contributed by atoms with Crippen LogP contribution in [0.5, 0.6) is 0 Å². The molecule has 0 unspecified atom stereocenters. The monoisotopic (exact) mass is 288 g/mol. The van der Waals surface area contributed by atoms with Gasteiger partial charge < -0.3 is 11.1 Å². The summed E-state index contributed by atoms with van der Waals surface area (Å²) < 4.78 is 13.0. The van der Waals surface area contributed by atoms with Crippen LogP contribution >= 0.6 is 12.4 Å². The van der Waals surface area contributed by atoms with Crippen LogP contribution in [0.15, 0.2) is 24.3 Å². The maximum Gasteiger partial charge on any atom is 0.224 e. The molecule has 0 radical (unpaired) electrons. The molecule has 0 bridgehead atoms. The van der Waals surface area contributed by atoms with Crippen LogP contribution < -0.4 is 11.1 Å². The van der Waals surface area contributed by atoms with E-state index >= 15 is 0 Å². The number of amides is 1. The highest BCUT2D eigenvalue weighted by Crippen LogP contribution is 2.14. The van der Waals surface area contributed by atoms with Crippen LogP contribution in [-0.2, 0) is 11.2 Å². The molecule has 1 rings (SSSR count). The second-order valence-corrected chi connectivity index (χ2v) is 4.55. The van der Waals surface area contributed by atoms with E-state index in [-0.39, 0.29) is 36.1 Å². The van der Waals surface area contributed by atoms with Crippen LogP contribution in [0, 0.1) is 5.82 Å². The number of hydrogen-bond acceptors (Lipinski definition) is 2. The second-order valence-electron chi connectivity index (χ2n) is 4.55. The van der Waals surface area contributed by atoms with Gasteiger partial charge in [-0.1, -0.05) is 26.0 Å². The summed E-state index contributed by atoms with van der Waals surface area (Å²) in [7, 11) is 0. The Bertz CT molecular complexity index is 400. The zero-order valence-corrected chi connectivity index (χ0v) is 12.2. The molecule has 0 aliphatic carbocycles. The Balaban J connectivity index is 0.00000324.